The zero-order valence-electron chi connectivity index (χ0n) is 11.7. The predicted octanol–water partition coefficient (Wildman–Crippen LogP) is 3.53. The Morgan fingerprint density at radius 1 is 1.20 bits per heavy atom. The number of fused-ring (bicyclic) bond motifs is 1. The molecule has 0 radical (unpaired) electrons. The average molecular weight is 265 g/mol. The Hall–Kier alpha value is -2.29. The van der Waals surface area contributed by atoms with Crippen molar-refractivity contribution < 1.29 is 0 Å². The molecule has 1 saturated heterocycles. The van der Waals surface area contributed by atoms with Crippen LogP contribution < -0.4 is 10.4 Å². The summed E-state index contributed by atoms with van der Waals surface area (Å²) in [5, 5.41) is 4.71. The van der Waals surface area contributed by atoms with Crippen LogP contribution in [0.2, 0.25) is 0 Å². The average Bonchev–Trinajstić information content (AvgIpc) is 2.96. The van der Waals surface area contributed by atoms with E-state index in [9.17, 15) is 0 Å². The van der Waals surface area contributed by atoms with Crippen LogP contribution in [0.5, 0.6) is 0 Å². The lowest BCUT2D eigenvalue weighted by Crippen LogP contribution is -2.33. The van der Waals surface area contributed by atoms with Crippen molar-refractivity contribution in [2.24, 2.45) is 4.99 Å². The Labute approximate surface area is 119 Å². The summed E-state index contributed by atoms with van der Waals surface area (Å²) in [5.41, 5.74) is 4.57. The molecule has 1 heterocycles. The number of amidine groups is 1. The van der Waals surface area contributed by atoms with Gasteiger partial charge in [0, 0.05) is 13.0 Å². The molecule has 20 heavy (non-hydrogen) atoms. The molecule has 1 N–H and O–H groups in total. The van der Waals surface area contributed by atoms with Crippen LogP contribution in [0.3, 0.4) is 0 Å². The standard InChI is InChI=1S/C17H19N3/c1-2-3-11-18-17-10-12-20(19-17)16-9-8-14-6-4-5-7-15(14)13-16/h2-9,13H,10-12H2,1H3,(H,18,19)/b3-2+. The molecule has 2 aromatic carbocycles. The van der Waals surface area contributed by atoms with Crippen LogP contribution >= 0.6 is 0 Å². The summed E-state index contributed by atoms with van der Waals surface area (Å²) >= 11 is 0. The maximum absolute atomic E-state index is 4.53. The van der Waals surface area contributed by atoms with Gasteiger partial charge in [-0.3, -0.25) is 15.4 Å². The van der Waals surface area contributed by atoms with Crippen LogP contribution in [-0.2, 0) is 0 Å². The summed E-state index contributed by atoms with van der Waals surface area (Å²) in [6.45, 7) is 3.74. The molecule has 3 nitrogen and oxygen atoms in total. The van der Waals surface area contributed by atoms with Gasteiger partial charge in [0.2, 0.25) is 0 Å². The minimum absolute atomic E-state index is 0.754. The van der Waals surface area contributed by atoms with Crippen LogP contribution in [0.1, 0.15) is 13.3 Å². The highest BCUT2D eigenvalue weighted by Crippen LogP contribution is 2.22. The Morgan fingerprint density at radius 3 is 2.90 bits per heavy atom. The van der Waals surface area contributed by atoms with Gasteiger partial charge in [0.15, 0.2) is 0 Å². The second-order valence-electron chi connectivity index (χ2n) is 4.90. The largest absolute Gasteiger partial charge is 0.286 e. The van der Waals surface area contributed by atoms with E-state index in [0.717, 1.165) is 25.3 Å². The molecule has 0 amide bonds. The van der Waals surface area contributed by atoms with Crippen molar-refractivity contribution in [1.29, 1.82) is 0 Å². The first-order chi connectivity index (χ1) is 9.86. The molecule has 102 valence electrons. The molecule has 2 aromatic rings. The molecule has 3 rings (SSSR count). The molecule has 0 aromatic heterocycles. The van der Waals surface area contributed by atoms with Crippen molar-refractivity contribution in [3.8, 4) is 0 Å². The fourth-order valence-corrected chi connectivity index (χ4v) is 2.41. The summed E-state index contributed by atoms with van der Waals surface area (Å²) in [7, 11) is 0. The van der Waals surface area contributed by atoms with Crippen LogP contribution in [0.4, 0.5) is 5.69 Å². The van der Waals surface area contributed by atoms with E-state index in [4.69, 9.17) is 0 Å². The normalized spacial score (nSPS) is 17.2. The second-order valence-corrected chi connectivity index (χ2v) is 4.90. The van der Waals surface area contributed by atoms with Crippen molar-refractivity contribution in [3.63, 3.8) is 0 Å². The molecule has 0 aliphatic carbocycles. The summed E-state index contributed by atoms with van der Waals surface area (Å²) in [6.07, 6.45) is 5.07. The van der Waals surface area contributed by atoms with Crippen LogP contribution in [0.15, 0.2) is 59.6 Å². The topological polar surface area (TPSA) is 27.6 Å². The molecule has 1 aliphatic heterocycles. The van der Waals surface area contributed by atoms with Gasteiger partial charge >= 0.3 is 0 Å². The summed E-state index contributed by atoms with van der Waals surface area (Å²) in [4.78, 5) is 4.53. The number of rotatable bonds is 3. The first kappa shape index (κ1) is 12.7. The molecule has 1 fully saturated rings. The van der Waals surface area contributed by atoms with Gasteiger partial charge < -0.3 is 0 Å². The lowest BCUT2D eigenvalue weighted by Gasteiger charge is -2.18. The number of anilines is 1. The monoisotopic (exact) mass is 265 g/mol. The highest BCUT2D eigenvalue weighted by molar-refractivity contribution is 5.89. The first-order valence-electron chi connectivity index (χ1n) is 7.04. The van der Waals surface area contributed by atoms with E-state index < -0.39 is 0 Å². The minimum atomic E-state index is 0.754. The molecule has 0 atom stereocenters. The van der Waals surface area contributed by atoms with E-state index in [1.54, 1.807) is 0 Å². The Morgan fingerprint density at radius 2 is 2.05 bits per heavy atom. The number of aliphatic imine (C=N–C) groups is 1. The van der Waals surface area contributed by atoms with Crippen molar-refractivity contribution in [1.82, 2.24) is 5.43 Å². The van der Waals surface area contributed by atoms with Gasteiger partial charge in [-0.2, -0.15) is 0 Å². The van der Waals surface area contributed by atoms with E-state index in [2.05, 4.69) is 64.0 Å². The third-order valence-corrected chi connectivity index (χ3v) is 3.50. The van der Waals surface area contributed by atoms with Crippen molar-refractivity contribution in [2.75, 3.05) is 18.1 Å². The highest BCUT2D eigenvalue weighted by atomic mass is 15.5. The van der Waals surface area contributed by atoms with E-state index in [1.807, 2.05) is 13.0 Å². The van der Waals surface area contributed by atoms with Crippen LogP contribution in [0.25, 0.3) is 10.8 Å². The molecule has 3 heteroatoms. The Kier molecular flexibility index (Phi) is 3.68. The zero-order valence-corrected chi connectivity index (χ0v) is 11.7. The van der Waals surface area contributed by atoms with Crippen LogP contribution in [0, 0.1) is 0 Å². The van der Waals surface area contributed by atoms with Gasteiger partial charge in [0.25, 0.3) is 0 Å². The number of hydrogen-bond acceptors (Lipinski definition) is 2. The van der Waals surface area contributed by atoms with E-state index in [1.165, 1.54) is 16.5 Å². The number of hydrazine groups is 1. The Balaban J connectivity index is 1.77. The minimum Gasteiger partial charge on any atom is -0.286 e. The predicted molar refractivity (Wildman–Crippen MR) is 86.2 cm³/mol. The van der Waals surface area contributed by atoms with Gasteiger partial charge in [-0.1, -0.05) is 42.5 Å². The van der Waals surface area contributed by atoms with Gasteiger partial charge in [-0.25, -0.2) is 0 Å². The molecule has 0 saturated carbocycles. The first-order valence-corrected chi connectivity index (χ1v) is 7.04. The molecule has 0 spiro atoms. The van der Waals surface area contributed by atoms with E-state index in [-0.39, 0.29) is 0 Å². The van der Waals surface area contributed by atoms with E-state index >= 15 is 0 Å². The van der Waals surface area contributed by atoms with Crippen LogP contribution in [-0.4, -0.2) is 18.9 Å². The second kappa shape index (κ2) is 5.78. The van der Waals surface area contributed by atoms with Gasteiger partial charge in [-0.05, 0) is 29.8 Å². The lowest BCUT2D eigenvalue weighted by molar-refractivity contribution is 0.858. The zero-order chi connectivity index (χ0) is 13.8. The summed E-state index contributed by atoms with van der Waals surface area (Å²) < 4.78 is 0. The summed E-state index contributed by atoms with van der Waals surface area (Å²) in [6, 6.07) is 15.0. The van der Waals surface area contributed by atoms with Gasteiger partial charge in [0.05, 0.1) is 12.2 Å². The highest BCUT2D eigenvalue weighted by Gasteiger charge is 2.17. The maximum atomic E-state index is 4.53. The third-order valence-electron chi connectivity index (χ3n) is 3.50. The SMILES string of the molecule is C/C=C/CN=C1CCN(c2ccc3ccccc3c2)N1. The van der Waals surface area contributed by atoms with Crippen molar-refractivity contribution in [2.45, 2.75) is 13.3 Å². The molecular formula is C17H19N3. The van der Waals surface area contributed by atoms with Gasteiger partial charge in [-0.15, -0.1) is 0 Å². The number of allylic oxidation sites excluding steroid dienone is 1. The fourth-order valence-electron chi connectivity index (χ4n) is 2.41. The van der Waals surface area contributed by atoms with Crippen molar-refractivity contribution in [3.05, 3.63) is 54.6 Å². The van der Waals surface area contributed by atoms with E-state index in [0.29, 0.717) is 0 Å². The molecule has 0 unspecified atom stereocenters. The number of nitrogens with one attached hydrogen (secondary N) is 1. The lowest BCUT2D eigenvalue weighted by atomic mass is 10.1. The van der Waals surface area contributed by atoms with Crippen molar-refractivity contribution >= 4 is 22.3 Å². The molecule has 1 aliphatic rings. The third kappa shape index (κ3) is 2.67. The number of benzene rings is 2. The molecular weight excluding hydrogens is 246 g/mol. The Bertz CT molecular complexity index is 658. The quantitative estimate of drug-likeness (QED) is 0.860. The number of hydrogen-bond donors (Lipinski definition) is 1. The maximum Gasteiger partial charge on any atom is 0.117 e. The smallest absolute Gasteiger partial charge is 0.117 e. The van der Waals surface area contributed by atoms with Gasteiger partial charge in [0.1, 0.15) is 5.84 Å². The summed E-state index contributed by atoms with van der Waals surface area (Å²) in [5.74, 6) is 1.07. The fraction of sp³-hybridized carbons (Fsp3) is 0.235. The number of nitrogens with zero attached hydrogens (tertiary/aromatic N) is 2. The molecule has 0 bridgehead atoms.